The van der Waals surface area contributed by atoms with E-state index in [2.05, 4.69) is 20.1 Å². The number of aliphatic hydroxyl groups is 1. The molecule has 2 heterocycles. The standard InChI is InChI=1S/C16H16FNO.C7H14O2/c1-3-12-9-10-18(11-19)16(15(12)4-2)13-5-7-14(17)8-6-13;1-6-2-3-7(4-8)5-9-6/h3-8,11,16H,1-2,9-10H2;6-8H,2-5H2,1H3/t16-;6-,7+/m00/s1. The first-order valence-corrected chi connectivity index (χ1v) is 9.70. The summed E-state index contributed by atoms with van der Waals surface area (Å²) in [4.78, 5) is 12.9. The van der Waals surface area contributed by atoms with Crippen molar-refractivity contribution in [2.45, 2.75) is 38.3 Å². The SMILES string of the molecule is C=CC1=C(C=C)[C@H](c2ccc(F)cc2)N(C=O)CC1.C[C@H]1CC[C@H](CO)CO1. The first-order valence-electron chi connectivity index (χ1n) is 9.70. The summed E-state index contributed by atoms with van der Waals surface area (Å²) in [6, 6.07) is 6.00. The number of ether oxygens (including phenoxy) is 1. The van der Waals surface area contributed by atoms with Crippen molar-refractivity contribution in [2.24, 2.45) is 5.92 Å². The van der Waals surface area contributed by atoms with Gasteiger partial charge in [0, 0.05) is 19.1 Å². The number of hydrogen-bond acceptors (Lipinski definition) is 3. The number of halogens is 1. The monoisotopic (exact) mass is 387 g/mol. The lowest BCUT2D eigenvalue weighted by atomic mass is 9.88. The predicted molar refractivity (Wildman–Crippen MR) is 109 cm³/mol. The lowest BCUT2D eigenvalue weighted by Crippen LogP contribution is -2.33. The molecule has 1 fully saturated rings. The smallest absolute Gasteiger partial charge is 0.210 e. The molecule has 1 saturated heterocycles. The van der Waals surface area contributed by atoms with Crippen LogP contribution in [0.5, 0.6) is 0 Å². The third-order valence-electron chi connectivity index (χ3n) is 5.28. The molecule has 4 nitrogen and oxygen atoms in total. The molecule has 1 aromatic carbocycles. The fourth-order valence-corrected chi connectivity index (χ4v) is 3.55. The van der Waals surface area contributed by atoms with Crippen LogP contribution >= 0.6 is 0 Å². The first-order chi connectivity index (χ1) is 13.5. The lowest BCUT2D eigenvalue weighted by molar-refractivity contribution is -0.119. The van der Waals surface area contributed by atoms with E-state index in [1.165, 1.54) is 12.1 Å². The van der Waals surface area contributed by atoms with Crippen molar-refractivity contribution in [3.63, 3.8) is 0 Å². The molecule has 1 amide bonds. The van der Waals surface area contributed by atoms with Crippen molar-refractivity contribution < 1.29 is 19.0 Å². The van der Waals surface area contributed by atoms with Gasteiger partial charge in [0.1, 0.15) is 5.82 Å². The number of amides is 1. The molecule has 5 heteroatoms. The molecule has 0 radical (unpaired) electrons. The van der Waals surface area contributed by atoms with E-state index in [0.29, 0.717) is 18.6 Å². The molecule has 0 bridgehead atoms. The van der Waals surface area contributed by atoms with E-state index in [1.54, 1.807) is 29.2 Å². The number of benzene rings is 1. The third kappa shape index (κ3) is 5.63. The highest BCUT2D eigenvalue weighted by Gasteiger charge is 2.27. The maximum absolute atomic E-state index is 13.0. The molecule has 2 aliphatic rings. The van der Waals surface area contributed by atoms with E-state index in [1.807, 2.05) is 0 Å². The Kier molecular flexibility index (Phi) is 8.61. The van der Waals surface area contributed by atoms with Gasteiger partial charge in [-0.3, -0.25) is 4.79 Å². The fourth-order valence-electron chi connectivity index (χ4n) is 3.55. The van der Waals surface area contributed by atoms with Crippen molar-refractivity contribution in [3.8, 4) is 0 Å². The average molecular weight is 387 g/mol. The van der Waals surface area contributed by atoms with Gasteiger partial charge >= 0.3 is 0 Å². The van der Waals surface area contributed by atoms with Crippen LogP contribution in [0.25, 0.3) is 0 Å². The molecular formula is C23H30FNO3. The highest BCUT2D eigenvalue weighted by atomic mass is 19.1. The Labute approximate surface area is 167 Å². The zero-order valence-corrected chi connectivity index (χ0v) is 16.5. The molecule has 28 heavy (non-hydrogen) atoms. The summed E-state index contributed by atoms with van der Waals surface area (Å²) >= 11 is 0. The minimum Gasteiger partial charge on any atom is -0.396 e. The molecule has 3 rings (SSSR count). The summed E-state index contributed by atoms with van der Waals surface area (Å²) < 4.78 is 18.3. The molecular weight excluding hydrogens is 357 g/mol. The van der Waals surface area contributed by atoms with Crippen molar-refractivity contribution in [2.75, 3.05) is 19.8 Å². The fraction of sp³-hybridized carbons (Fsp3) is 0.435. The van der Waals surface area contributed by atoms with Gasteiger partial charge in [-0.1, -0.05) is 37.4 Å². The van der Waals surface area contributed by atoms with Crippen molar-refractivity contribution in [3.05, 3.63) is 72.1 Å². The first kappa shape index (κ1) is 22.1. The normalized spacial score (nSPS) is 24.8. The summed E-state index contributed by atoms with van der Waals surface area (Å²) in [6.07, 6.45) is 7.78. The number of carbonyl (C=O) groups excluding carboxylic acids is 1. The maximum atomic E-state index is 13.0. The molecule has 1 N–H and O–H groups in total. The minimum atomic E-state index is -0.287. The molecule has 0 aliphatic carbocycles. The van der Waals surface area contributed by atoms with Crippen LogP contribution in [0.3, 0.4) is 0 Å². The van der Waals surface area contributed by atoms with Crippen LogP contribution < -0.4 is 0 Å². The second kappa shape index (κ2) is 10.9. The van der Waals surface area contributed by atoms with E-state index in [0.717, 1.165) is 49.0 Å². The quantitative estimate of drug-likeness (QED) is 0.771. The minimum absolute atomic E-state index is 0.211. The molecule has 1 aromatic rings. The van der Waals surface area contributed by atoms with E-state index in [-0.39, 0.29) is 18.5 Å². The van der Waals surface area contributed by atoms with Gasteiger partial charge in [-0.25, -0.2) is 4.39 Å². The van der Waals surface area contributed by atoms with Crippen molar-refractivity contribution in [1.29, 1.82) is 0 Å². The van der Waals surface area contributed by atoms with Gasteiger partial charge in [-0.15, -0.1) is 0 Å². The van der Waals surface area contributed by atoms with Gasteiger partial charge in [0.25, 0.3) is 0 Å². The summed E-state index contributed by atoms with van der Waals surface area (Å²) in [6.45, 7) is 11.4. The largest absolute Gasteiger partial charge is 0.396 e. The Bertz CT molecular complexity index is 690. The summed E-state index contributed by atoms with van der Waals surface area (Å²) in [7, 11) is 0. The molecule has 0 aromatic heterocycles. The van der Waals surface area contributed by atoms with Crippen LogP contribution in [0.15, 0.2) is 60.7 Å². The number of hydrogen-bond donors (Lipinski definition) is 1. The van der Waals surface area contributed by atoms with Crippen LogP contribution in [0.4, 0.5) is 4.39 Å². The molecule has 0 unspecified atom stereocenters. The molecule has 152 valence electrons. The van der Waals surface area contributed by atoms with E-state index < -0.39 is 0 Å². The Morgan fingerprint density at radius 1 is 1.25 bits per heavy atom. The Balaban J connectivity index is 0.000000261. The van der Waals surface area contributed by atoms with Gasteiger partial charge < -0.3 is 14.7 Å². The summed E-state index contributed by atoms with van der Waals surface area (Å²) in [5, 5.41) is 8.70. The topological polar surface area (TPSA) is 49.8 Å². The Morgan fingerprint density at radius 2 is 1.96 bits per heavy atom. The average Bonchev–Trinajstić information content (AvgIpc) is 2.74. The van der Waals surface area contributed by atoms with Crippen LogP contribution in [-0.4, -0.2) is 42.3 Å². The summed E-state index contributed by atoms with van der Waals surface area (Å²) in [5.74, 6) is 0.117. The number of allylic oxidation sites excluding steroid dienone is 1. The second-order valence-electron chi connectivity index (χ2n) is 7.21. The number of rotatable bonds is 5. The molecule has 3 atom stereocenters. The van der Waals surface area contributed by atoms with E-state index in [9.17, 15) is 9.18 Å². The third-order valence-corrected chi connectivity index (χ3v) is 5.28. The Morgan fingerprint density at radius 3 is 2.46 bits per heavy atom. The number of nitrogens with zero attached hydrogens (tertiary/aromatic N) is 1. The maximum Gasteiger partial charge on any atom is 0.210 e. The van der Waals surface area contributed by atoms with Crippen LogP contribution in [0, 0.1) is 11.7 Å². The molecule has 2 aliphatic heterocycles. The molecule has 0 saturated carbocycles. The molecule has 0 spiro atoms. The highest BCUT2D eigenvalue weighted by Crippen LogP contribution is 2.35. The van der Waals surface area contributed by atoms with E-state index >= 15 is 0 Å². The zero-order chi connectivity index (χ0) is 20.5. The van der Waals surface area contributed by atoms with Crippen LogP contribution in [0.2, 0.25) is 0 Å². The van der Waals surface area contributed by atoms with E-state index in [4.69, 9.17) is 9.84 Å². The predicted octanol–water partition coefficient (Wildman–Crippen LogP) is 4.19. The second-order valence-corrected chi connectivity index (χ2v) is 7.21. The van der Waals surface area contributed by atoms with Crippen molar-refractivity contribution in [1.82, 2.24) is 4.90 Å². The van der Waals surface area contributed by atoms with Gasteiger partial charge in [0.05, 0.1) is 18.8 Å². The number of aliphatic hydroxyl groups excluding tert-OH is 1. The Hall–Kier alpha value is -2.24. The summed E-state index contributed by atoms with van der Waals surface area (Å²) in [5.41, 5.74) is 2.92. The number of carbonyl (C=O) groups is 1. The van der Waals surface area contributed by atoms with Gasteiger partial charge in [0.2, 0.25) is 6.41 Å². The van der Waals surface area contributed by atoms with Gasteiger partial charge in [-0.05, 0) is 55.0 Å². The van der Waals surface area contributed by atoms with Crippen LogP contribution in [0.1, 0.15) is 37.8 Å². The zero-order valence-electron chi connectivity index (χ0n) is 16.5. The van der Waals surface area contributed by atoms with Crippen molar-refractivity contribution >= 4 is 6.41 Å². The lowest BCUT2D eigenvalue weighted by Gasteiger charge is -2.35. The van der Waals surface area contributed by atoms with Crippen LogP contribution in [-0.2, 0) is 9.53 Å². The van der Waals surface area contributed by atoms with Gasteiger partial charge in [-0.2, -0.15) is 0 Å². The highest BCUT2D eigenvalue weighted by molar-refractivity contribution is 5.55. The van der Waals surface area contributed by atoms with Gasteiger partial charge in [0.15, 0.2) is 0 Å².